The van der Waals surface area contributed by atoms with Crippen LogP contribution < -0.4 is 0 Å². The summed E-state index contributed by atoms with van der Waals surface area (Å²) in [6.07, 6.45) is 0.630. The SMILES string of the molecule is CCOCC(c1ccccc1)N1CCC(O)(c2ccccc2)CC1=O. The Kier molecular flexibility index (Phi) is 5.51. The van der Waals surface area contributed by atoms with Gasteiger partial charge in [-0.3, -0.25) is 4.79 Å². The van der Waals surface area contributed by atoms with Crippen LogP contribution in [-0.4, -0.2) is 35.7 Å². The molecule has 1 saturated heterocycles. The zero-order valence-electron chi connectivity index (χ0n) is 14.6. The second-order valence-corrected chi connectivity index (χ2v) is 6.50. The fourth-order valence-corrected chi connectivity index (χ4v) is 3.47. The van der Waals surface area contributed by atoms with Gasteiger partial charge in [0.15, 0.2) is 0 Å². The van der Waals surface area contributed by atoms with Crippen LogP contribution in [0.1, 0.15) is 36.9 Å². The van der Waals surface area contributed by atoms with E-state index in [2.05, 4.69) is 0 Å². The topological polar surface area (TPSA) is 49.8 Å². The van der Waals surface area contributed by atoms with E-state index in [1.807, 2.05) is 72.5 Å². The minimum absolute atomic E-state index is 0.0360. The quantitative estimate of drug-likeness (QED) is 0.879. The van der Waals surface area contributed by atoms with Crippen molar-refractivity contribution in [2.75, 3.05) is 19.8 Å². The van der Waals surface area contributed by atoms with E-state index in [0.29, 0.717) is 26.2 Å². The van der Waals surface area contributed by atoms with Crippen LogP contribution in [0.2, 0.25) is 0 Å². The van der Waals surface area contributed by atoms with Crippen LogP contribution in [0.3, 0.4) is 0 Å². The molecule has 2 aromatic rings. The molecule has 0 spiro atoms. The van der Waals surface area contributed by atoms with Gasteiger partial charge in [0.2, 0.25) is 5.91 Å². The molecule has 0 saturated carbocycles. The molecule has 3 rings (SSSR count). The molecule has 4 heteroatoms. The van der Waals surface area contributed by atoms with Crippen LogP contribution in [0.5, 0.6) is 0 Å². The minimum atomic E-state index is -1.08. The average Bonchev–Trinajstić information content (AvgIpc) is 2.65. The molecule has 1 fully saturated rings. The lowest BCUT2D eigenvalue weighted by atomic mass is 9.83. The first-order valence-electron chi connectivity index (χ1n) is 8.84. The summed E-state index contributed by atoms with van der Waals surface area (Å²) in [4.78, 5) is 14.7. The Hall–Kier alpha value is -2.17. The molecule has 2 aromatic carbocycles. The number of carbonyl (C=O) groups excluding carboxylic acids is 1. The number of hydrogen-bond donors (Lipinski definition) is 1. The third-order valence-corrected chi connectivity index (χ3v) is 4.88. The maximum atomic E-state index is 12.9. The first-order valence-corrected chi connectivity index (χ1v) is 8.84. The van der Waals surface area contributed by atoms with Crippen LogP contribution in [0, 0.1) is 0 Å². The second kappa shape index (κ2) is 7.81. The van der Waals surface area contributed by atoms with Crippen LogP contribution in [0.15, 0.2) is 60.7 Å². The highest BCUT2D eigenvalue weighted by Crippen LogP contribution is 2.36. The van der Waals surface area contributed by atoms with Gasteiger partial charge in [0, 0.05) is 13.2 Å². The highest BCUT2D eigenvalue weighted by Gasteiger charge is 2.41. The van der Waals surface area contributed by atoms with Crippen molar-refractivity contribution in [2.45, 2.75) is 31.4 Å². The average molecular weight is 339 g/mol. The van der Waals surface area contributed by atoms with Crippen molar-refractivity contribution in [2.24, 2.45) is 0 Å². The van der Waals surface area contributed by atoms with Crippen LogP contribution in [-0.2, 0) is 15.1 Å². The summed E-state index contributed by atoms with van der Waals surface area (Å²) in [5, 5.41) is 11.0. The van der Waals surface area contributed by atoms with Gasteiger partial charge in [0.25, 0.3) is 0 Å². The molecule has 2 atom stereocenters. The fraction of sp³-hybridized carbons (Fsp3) is 0.381. The molecule has 0 aromatic heterocycles. The largest absolute Gasteiger partial charge is 0.385 e. The second-order valence-electron chi connectivity index (χ2n) is 6.50. The normalized spacial score (nSPS) is 22.0. The third-order valence-electron chi connectivity index (χ3n) is 4.88. The van der Waals surface area contributed by atoms with Gasteiger partial charge in [-0.1, -0.05) is 60.7 Å². The van der Waals surface area contributed by atoms with Gasteiger partial charge in [-0.05, 0) is 24.5 Å². The van der Waals surface area contributed by atoms with E-state index in [1.54, 1.807) is 0 Å². The molecule has 132 valence electrons. The number of ether oxygens (including phenoxy) is 1. The van der Waals surface area contributed by atoms with Gasteiger partial charge < -0.3 is 14.7 Å². The Morgan fingerprint density at radius 1 is 1.12 bits per heavy atom. The zero-order chi connectivity index (χ0) is 17.7. The van der Waals surface area contributed by atoms with Crippen LogP contribution >= 0.6 is 0 Å². The number of likely N-dealkylation sites (tertiary alicyclic amines) is 1. The van der Waals surface area contributed by atoms with E-state index in [0.717, 1.165) is 11.1 Å². The highest BCUT2D eigenvalue weighted by molar-refractivity contribution is 5.79. The van der Waals surface area contributed by atoms with E-state index < -0.39 is 5.60 Å². The molecule has 2 unspecified atom stereocenters. The number of hydrogen-bond acceptors (Lipinski definition) is 3. The lowest BCUT2D eigenvalue weighted by molar-refractivity contribution is -0.149. The minimum Gasteiger partial charge on any atom is -0.385 e. The van der Waals surface area contributed by atoms with Gasteiger partial charge in [0.1, 0.15) is 5.60 Å². The molecule has 0 bridgehead atoms. The van der Waals surface area contributed by atoms with Crippen LogP contribution in [0.25, 0.3) is 0 Å². The summed E-state index contributed by atoms with van der Waals surface area (Å²) >= 11 is 0. The molecule has 4 nitrogen and oxygen atoms in total. The van der Waals surface area contributed by atoms with E-state index in [4.69, 9.17) is 4.74 Å². The number of amides is 1. The van der Waals surface area contributed by atoms with E-state index >= 15 is 0 Å². The molecule has 1 aliphatic rings. The molecule has 25 heavy (non-hydrogen) atoms. The fourth-order valence-electron chi connectivity index (χ4n) is 3.47. The molecule has 1 N–H and O–H groups in total. The summed E-state index contributed by atoms with van der Waals surface area (Å²) < 4.78 is 5.63. The van der Waals surface area contributed by atoms with Gasteiger partial charge in [-0.2, -0.15) is 0 Å². The monoisotopic (exact) mass is 339 g/mol. The smallest absolute Gasteiger partial charge is 0.226 e. The Labute approximate surface area is 149 Å². The molecule has 1 amide bonds. The predicted molar refractivity (Wildman–Crippen MR) is 97.0 cm³/mol. The molecule has 1 aliphatic heterocycles. The predicted octanol–water partition coefficient (Wildman–Crippen LogP) is 3.27. The number of piperidine rings is 1. The van der Waals surface area contributed by atoms with E-state index in [9.17, 15) is 9.90 Å². The molecular weight excluding hydrogens is 314 g/mol. The molecule has 0 aliphatic carbocycles. The summed E-state index contributed by atoms with van der Waals surface area (Å²) in [6.45, 7) is 3.54. The van der Waals surface area contributed by atoms with Gasteiger partial charge >= 0.3 is 0 Å². The highest BCUT2D eigenvalue weighted by atomic mass is 16.5. The zero-order valence-corrected chi connectivity index (χ0v) is 14.6. The number of benzene rings is 2. The first kappa shape index (κ1) is 17.6. The summed E-state index contributed by atoms with van der Waals surface area (Å²) in [6, 6.07) is 19.3. The number of nitrogens with zero attached hydrogens (tertiary/aromatic N) is 1. The van der Waals surface area contributed by atoms with Crippen molar-refractivity contribution in [3.05, 3.63) is 71.8 Å². The Morgan fingerprint density at radius 2 is 1.76 bits per heavy atom. The molecule has 1 heterocycles. The summed E-state index contributed by atoms with van der Waals surface area (Å²) in [5.74, 6) is -0.0360. The number of aliphatic hydroxyl groups is 1. The van der Waals surface area contributed by atoms with E-state index in [-0.39, 0.29) is 18.4 Å². The summed E-state index contributed by atoms with van der Waals surface area (Å²) in [7, 11) is 0. The maximum absolute atomic E-state index is 12.9. The molecular formula is C21H25NO3. The van der Waals surface area contributed by atoms with Crippen molar-refractivity contribution in [1.82, 2.24) is 4.90 Å². The van der Waals surface area contributed by atoms with Crippen LogP contribution in [0.4, 0.5) is 0 Å². The summed E-state index contributed by atoms with van der Waals surface area (Å²) in [5.41, 5.74) is 0.792. The van der Waals surface area contributed by atoms with Gasteiger partial charge in [0.05, 0.1) is 19.1 Å². The molecule has 0 radical (unpaired) electrons. The number of carbonyl (C=O) groups is 1. The van der Waals surface area contributed by atoms with Crippen molar-refractivity contribution in [1.29, 1.82) is 0 Å². The van der Waals surface area contributed by atoms with Gasteiger partial charge in [-0.25, -0.2) is 0 Å². The standard InChI is InChI=1S/C21H25NO3/c1-2-25-16-19(17-9-5-3-6-10-17)22-14-13-21(24,15-20(22)23)18-11-7-4-8-12-18/h3-12,19,24H,2,13-16H2,1H3. The lowest BCUT2D eigenvalue weighted by Gasteiger charge is -2.41. The van der Waals surface area contributed by atoms with E-state index in [1.165, 1.54) is 0 Å². The lowest BCUT2D eigenvalue weighted by Crippen LogP contribution is -2.48. The van der Waals surface area contributed by atoms with Crippen molar-refractivity contribution >= 4 is 5.91 Å². The maximum Gasteiger partial charge on any atom is 0.226 e. The Bertz CT molecular complexity index is 689. The van der Waals surface area contributed by atoms with Crippen molar-refractivity contribution in [3.8, 4) is 0 Å². The Balaban J connectivity index is 1.80. The van der Waals surface area contributed by atoms with Crippen molar-refractivity contribution < 1.29 is 14.6 Å². The first-order chi connectivity index (χ1) is 12.1. The van der Waals surface area contributed by atoms with Crippen molar-refractivity contribution in [3.63, 3.8) is 0 Å². The van der Waals surface area contributed by atoms with Gasteiger partial charge in [-0.15, -0.1) is 0 Å². The number of rotatable bonds is 6. The Morgan fingerprint density at radius 3 is 2.36 bits per heavy atom. The third kappa shape index (κ3) is 3.91.